The lowest BCUT2D eigenvalue weighted by atomic mass is 9.90. The van der Waals surface area contributed by atoms with Crippen LogP contribution in [0.15, 0.2) is 65.1 Å². The van der Waals surface area contributed by atoms with Crippen molar-refractivity contribution in [2.45, 2.75) is 38.0 Å². The molecule has 1 atom stereocenters. The molecule has 0 saturated heterocycles. The second-order valence-electron chi connectivity index (χ2n) is 9.84. The van der Waals surface area contributed by atoms with Crippen LogP contribution >= 0.6 is 15.9 Å². The molecule has 1 heterocycles. The molecule has 3 aromatic rings. The van der Waals surface area contributed by atoms with Crippen molar-refractivity contribution < 1.29 is 31.2 Å². The van der Waals surface area contributed by atoms with Crippen molar-refractivity contribution in [3.05, 3.63) is 87.4 Å². The lowest BCUT2D eigenvalue weighted by molar-refractivity contribution is -0.137. The molecular formula is C28H28BrF3N4O4S. The summed E-state index contributed by atoms with van der Waals surface area (Å²) in [7, 11) is -3.52. The fourth-order valence-electron chi connectivity index (χ4n) is 4.81. The Morgan fingerprint density at radius 1 is 1.10 bits per heavy atom. The number of hydrogen-bond donors (Lipinski definition) is 3. The second kappa shape index (κ2) is 12.1. The van der Waals surface area contributed by atoms with Crippen molar-refractivity contribution in [3.8, 4) is 11.1 Å². The summed E-state index contributed by atoms with van der Waals surface area (Å²) in [5.41, 5.74) is 8.76. The Balaban J connectivity index is 1.55. The Bertz CT molecular complexity index is 1560. The fourth-order valence-corrected chi connectivity index (χ4v) is 5.87. The molecule has 0 aliphatic carbocycles. The minimum atomic E-state index is -4.43. The molecule has 3 amide bonds. The minimum Gasteiger partial charge on any atom is -0.370 e. The smallest absolute Gasteiger partial charge is 0.370 e. The molecule has 0 radical (unpaired) electrons. The van der Waals surface area contributed by atoms with Crippen LogP contribution in [-0.4, -0.2) is 38.1 Å². The van der Waals surface area contributed by atoms with Crippen LogP contribution in [0.4, 0.5) is 23.7 Å². The molecule has 1 aliphatic heterocycles. The Morgan fingerprint density at radius 2 is 1.80 bits per heavy atom. The van der Waals surface area contributed by atoms with Crippen molar-refractivity contribution in [1.29, 1.82) is 0 Å². The van der Waals surface area contributed by atoms with Crippen molar-refractivity contribution >= 4 is 43.6 Å². The standard InChI is InChI=1S/C28H28BrF3N4O4S/c1-41(39,40)35-22-4-2-3-18(14-22)25(9-10-26(33)37)34-27(38)36-12-11-23-19(16-36)13-21(29)15-24(23)17-5-7-20(8-6-17)28(30,31)32/h2-8,13-15,25,35H,9-12,16H2,1H3,(H2,33,37)(H,34,38)/t25-/m0/s1. The quantitative estimate of drug-likeness (QED) is 0.294. The van der Waals surface area contributed by atoms with E-state index in [0.717, 1.165) is 39.6 Å². The molecule has 0 spiro atoms. The predicted octanol–water partition coefficient (Wildman–Crippen LogP) is 5.58. The molecule has 218 valence electrons. The van der Waals surface area contributed by atoms with Gasteiger partial charge in [-0.15, -0.1) is 0 Å². The number of nitrogens with one attached hydrogen (secondary N) is 2. The van der Waals surface area contributed by atoms with Gasteiger partial charge >= 0.3 is 12.2 Å². The third kappa shape index (κ3) is 8.00. The van der Waals surface area contributed by atoms with Gasteiger partial charge in [0.05, 0.1) is 17.9 Å². The van der Waals surface area contributed by atoms with Crippen molar-refractivity contribution in [3.63, 3.8) is 0 Å². The second-order valence-corrected chi connectivity index (χ2v) is 12.5. The first-order valence-corrected chi connectivity index (χ1v) is 15.3. The minimum absolute atomic E-state index is 0.000941. The summed E-state index contributed by atoms with van der Waals surface area (Å²) in [6, 6.07) is 14.3. The molecule has 3 aromatic carbocycles. The van der Waals surface area contributed by atoms with E-state index in [9.17, 15) is 31.2 Å². The number of alkyl halides is 3. The molecule has 1 aliphatic rings. The molecule has 0 aromatic heterocycles. The normalized spacial score (nSPS) is 14.2. The maximum atomic E-state index is 13.4. The van der Waals surface area contributed by atoms with Gasteiger partial charge in [0.2, 0.25) is 15.9 Å². The van der Waals surface area contributed by atoms with Gasteiger partial charge in [0.15, 0.2) is 0 Å². The first kappa shape index (κ1) is 30.4. The monoisotopic (exact) mass is 652 g/mol. The Kier molecular flexibility index (Phi) is 8.97. The first-order chi connectivity index (χ1) is 19.2. The number of nitrogens with zero attached hydrogens (tertiary/aromatic N) is 1. The summed E-state index contributed by atoms with van der Waals surface area (Å²) < 4.78 is 65.6. The predicted molar refractivity (Wildman–Crippen MR) is 153 cm³/mol. The Hall–Kier alpha value is -3.58. The molecule has 13 heteroatoms. The largest absolute Gasteiger partial charge is 0.416 e. The Morgan fingerprint density at radius 3 is 2.44 bits per heavy atom. The lowest BCUT2D eigenvalue weighted by Crippen LogP contribution is -2.44. The van der Waals surface area contributed by atoms with E-state index in [0.29, 0.717) is 29.8 Å². The summed E-state index contributed by atoms with van der Waals surface area (Å²) in [6.07, 6.45) is -2.71. The summed E-state index contributed by atoms with van der Waals surface area (Å²) >= 11 is 3.48. The molecule has 0 saturated carbocycles. The highest BCUT2D eigenvalue weighted by molar-refractivity contribution is 9.10. The number of amides is 3. The number of primary amides is 1. The Labute approximate surface area is 244 Å². The van der Waals surface area contributed by atoms with Gasteiger partial charge < -0.3 is 16.0 Å². The number of rotatable bonds is 8. The number of nitrogens with two attached hydrogens (primary N) is 1. The SMILES string of the molecule is CS(=O)(=O)Nc1cccc([C@H](CCC(N)=O)NC(=O)N2CCc3c(cc(Br)cc3-c3ccc(C(F)(F)F)cc3)C2)c1. The maximum absolute atomic E-state index is 13.4. The highest BCUT2D eigenvalue weighted by Gasteiger charge is 2.30. The van der Waals surface area contributed by atoms with Gasteiger partial charge in [0, 0.05) is 29.7 Å². The molecule has 8 nitrogen and oxygen atoms in total. The molecule has 0 bridgehead atoms. The molecule has 4 N–H and O–H groups in total. The summed E-state index contributed by atoms with van der Waals surface area (Å²) in [5.74, 6) is -0.540. The first-order valence-electron chi connectivity index (χ1n) is 12.6. The third-order valence-corrected chi connectivity index (χ3v) is 7.74. The third-order valence-electron chi connectivity index (χ3n) is 6.68. The van der Waals surface area contributed by atoms with Crippen LogP contribution in [0.25, 0.3) is 11.1 Å². The van der Waals surface area contributed by atoms with Crippen LogP contribution in [0.1, 0.15) is 41.1 Å². The number of anilines is 1. The maximum Gasteiger partial charge on any atom is 0.416 e. The van der Waals surface area contributed by atoms with E-state index in [1.54, 1.807) is 29.2 Å². The number of carbonyl (C=O) groups excluding carboxylic acids is 2. The van der Waals surface area contributed by atoms with Crippen molar-refractivity contribution in [1.82, 2.24) is 10.2 Å². The van der Waals surface area contributed by atoms with Gasteiger partial charge in [0.25, 0.3) is 0 Å². The van der Waals surface area contributed by atoms with Gasteiger partial charge in [0.1, 0.15) is 0 Å². The van der Waals surface area contributed by atoms with Gasteiger partial charge in [-0.2, -0.15) is 13.2 Å². The number of urea groups is 1. The topological polar surface area (TPSA) is 122 Å². The average molecular weight is 654 g/mol. The number of fused-ring (bicyclic) bond motifs is 1. The highest BCUT2D eigenvalue weighted by Crippen LogP contribution is 2.36. The number of sulfonamides is 1. The van der Waals surface area contributed by atoms with Crippen molar-refractivity contribution in [2.24, 2.45) is 5.73 Å². The van der Waals surface area contributed by atoms with E-state index >= 15 is 0 Å². The van der Waals surface area contributed by atoms with E-state index in [1.165, 1.54) is 12.1 Å². The lowest BCUT2D eigenvalue weighted by Gasteiger charge is -2.32. The van der Waals surface area contributed by atoms with E-state index in [-0.39, 0.29) is 25.4 Å². The molecule has 0 fully saturated rings. The van der Waals surface area contributed by atoms with Crippen LogP contribution in [0.5, 0.6) is 0 Å². The molecule has 0 unspecified atom stereocenters. The number of benzene rings is 3. The molecular weight excluding hydrogens is 625 g/mol. The van der Waals surface area contributed by atoms with E-state index < -0.39 is 33.7 Å². The van der Waals surface area contributed by atoms with Gasteiger partial charge in [-0.3, -0.25) is 9.52 Å². The number of hydrogen-bond acceptors (Lipinski definition) is 4. The van der Waals surface area contributed by atoms with E-state index in [1.807, 2.05) is 12.1 Å². The summed E-state index contributed by atoms with van der Waals surface area (Å²) in [5, 5.41) is 2.94. The fraction of sp³-hybridized carbons (Fsp3) is 0.286. The summed E-state index contributed by atoms with van der Waals surface area (Å²) in [6.45, 7) is 0.610. The van der Waals surface area contributed by atoms with Gasteiger partial charge in [-0.25, -0.2) is 13.2 Å². The van der Waals surface area contributed by atoms with Crippen molar-refractivity contribution in [2.75, 3.05) is 17.5 Å². The zero-order valence-corrected chi connectivity index (χ0v) is 24.4. The van der Waals surface area contributed by atoms with E-state index in [2.05, 4.69) is 26.0 Å². The molecule has 4 rings (SSSR count). The number of carbonyl (C=O) groups is 2. The van der Waals surface area contributed by atoms with Crippen LogP contribution in [0.2, 0.25) is 0 Å². The van der Waals surface area contributed by atoms with Gasteiger partial charge in [-0.05, 0) is 77.1 Å². The van der Waals surface area contributed by atoms with E-state index in [4.69, 9.17) is 5.73 Å². The van der Waals surface area contributed by atoms with Gasteiger partial charge in [-0.1, -0.05) is 40.2 Å². The van der Waals surface area contributed by atoms with Crippen LogP contribution < -0.4 is 15.8 Å². The zero-order valence-electron chi connectivity index (χ0n) is 22.0. The van der Waals surface area contributed by atoms with Crippen LogP contribution in [0.3, 0.4) is 0 Å². The highest BCUT2D eigenvalue weighted by atomic mass is 79.9. The number of halogens is 4. The zero-order chi connectivity index (χ0) is 29.9. The summed E-state index contributed by atoms with van der Waals surface area (Å²) in [4.78, 5) is 26.5. The molecule has 41 heavy (non-hydrogen) atoms. The van der Waals surface area contributed by atoms with Crippen LogP contribution in [-0.2, 0) is 34.0 Å². The van der Waals surface area contributed by atoms with Crippen LogP contribution in [0, 0.1) is 0 Å². The average Bonchev–Trinajstić information content (AvgIpc) is 2.88.